The van der Waals surface area contributed by atoms with E-state index in [1.807, 2.05) is 0 Å². The van der Waals surface area contributed by atoms with Crippen LogP contribution in [0.1, 0.15) is 63.9 Å². The maximum absolute atomic E-state index is 12.0. The van der Waals surface area contributed by atoms with Crippen LogP contribution in [0.25, 0.3) is 0 Å². The SMILES string of the molecule is CC(C)(C)Cc1nc(C2CCCC2)c(I)c(=O)[nH]1. The molecule has 18 heavy (non-hydrogen) atoms. The third-order valence-corrected chi connectivity index (χ3v) is 4.42. The molecule has 1 aromatic heterocycles. The fraction of sp³-hybridized carbons (Fsp3) is 0.714. The van der Waals surface area contributed by atoms with Crippen molar-refractivity contribution in [2.24, 2.45) is 5.41 Å². The summed E-state index contributed by atoms with van der Waals surface area (Å²) < 4.78 is 0.789. The average molecular weight is 360 g/mol. The summed E-state index contributed by atoms with van der Waals surface area (Å²) in [5.74, 6) is 1.34. The number of H-pyrrole nitrogens is 1. The number of rotatable bonds is 2. The lowest BCUT2D eigenvalue weighted by Crippen LogP contribution is -2.22. The van der Waals surface area contributed by atoms with Gasteiger partial charge in [-0.05, 0) is 40.8 Å². The van der Waals surface area contributed by atoms with E-state index in [1.165, 1.54) is 25.7 Å². The van der Waals surface area contributed by atoms with Crippen LogP contribution < -0.4 is 5.56 Å². The van der Waals surface area contributed by atoms with Gasteiger partial charge in [0, 0.05) is 12.3 Å². The summed E-state index contributed by atoms with van der Waals surface area (Å²) in [7, 11) is 0. The highest BCUT2D eigenvalue weighted by molar-refractivity contribution is 14.1. The molecule has 0 bridgehead atoms. The largest absolute Gasteiger partial charge is 0.310 e. The molecule has 1 aromatic rings. The van der Waals surface area contributed by atoms with Crippen molar-refractivity contribution in [2.45, 2.75) is 58.8 Å². The second-order valence-electron chi connectivity index (χ2n) is 6.43. The highest BCUT2D eigenvalue weighted by Crippen LogP contribution is 2.34. The maximum Gasteiger partial charge on any atom is 0.264 e. The standard InChI is InChI=1S/C14H21IN2O/c1-14(2,3)8-10-16-12(9-6-4-5-7-9)11(15)13(18)17-10/h9H,4-8H2,1-3H3,(H,16,17,18). The van der Waals surface area contributed by atoms with Crippen molar-refractivity contribution in [1.29, 1.82) is 0 Å². The van der Waals surface area contributed by atoms with Gasteiger partial charge in [-0.1, -0.05) is 33.6 Å². The fourth-order valence-electron chi connectivity index (χ4n) is 2.58. The normalized spacial score (nSPS) is 17.3. The fourth-order valence-corrected chi connectivity index (χ4v) is 3.28. The minimum Gasteiger partial charge on any atom is -0.310 e. The van der Waals surface area contributed by atoms with Gasteiger partial charge in [-0.2, -0.15) is 0 Å². The topological polar surface area (TPSA) is 45.8 Å². The molecule has 2 rings (SSSR count). The second-order valence-corrected chi connectivity index (χ2v) is 7.51. The van der Waals surface area contributed by atoms with E-state index >= 15 is 0 Å². The molecule has 0 unspecified atom stereocenters. The third-order valence-electron chi connectivity index (χ3n) is 3.38. The first-order chi connectivity index (χ1) is 8.37. The van der Waals surface area contributed by atoms with E-state index in [0.717, 1.165) is 21.5 Å². The molecule has 0 radical (unpaired) electrons. The molecule has 0 spiro atoms. The summed E-state index contributed by atoms with van der Waals surface area (Å²) in [6.07, 6.45) is 5.72. The summed E-state index contributed by atoms with van der Waals surface area (Å²) >= 11 is 2.14. The first kappa shape index (κ1) is 14.0. The van der Waals surface area contributed by atoms with Gasteiger partial charge in [0.25, 0.3) is 5.56 Å². The number of nitrogens with one attached hydrogen (secondary N) is 1. The molecule has 1 fully saturated rings. The van der Waals surface area contributed by atoms with Crippen LogP contribution in [0.15, 0.2) is 4.79 Å². The molecule has 0 aliphatic heterocycles. The lowest BCUT2D eigenvalue weighted by Gasteiger charge is -2.19. The van der Waals surface area contributed by atoms with Gasteiger partial charge in [0.1, 0.15) is 5.82 Å². The Kier molecular flexibility index (Phi) is 4.14. The molecule has 100 valence electrons. The summed E-state index contributed by atoms with van der Waals surface area (Å²) in [6.45, 7) is 6.50. The number of halogens is 1. The Morgan fingerprint density at radius 3 is 2.50 bits per heavy atom. The van der Waals surface area contributed by atoms with Crippen LogP contribution >= 0.6 is 22.6 Å². The Balaban J connectivity index is 2.36. The van der Waals surface area contributed by atoms with Gasteiger partial charge in [-0.15, -0.1) is 0 Å². The Bertz CT molecular complexity index is 482. The predicted molar refractivity (Wildman–Crippen MR) is 81.9 cm³/mol. The van der Waals surface area contributed by atoms with E-state index in [9.17, 15) is 4.79 Å². The van der Waals surface area contributed by atoms with E-state index in [4.69, 9.17) is 4.98 Å². The number of aromatic amines is 1. The summed E-state index contributed by atoms with van der Waals surface area (Å²) in [6, 6.07) is 0. The number of hydrogen-bond acceptors (Lipinski definition) is 2. The molecule has 4 heteroatoms. The van der Waals surface area contributed by atoms with Gasteiger partial charge in [0.15, 0.2) is 0 Å². The number of aromatic nitrogens is 2. The molecule has 3 nitrogen and oxygen atoms in total. The Labute approximate surface area is 122 Å². The molecule has 0 atom stereocenters. The van der Waals surface area contributed by atoms with Crippen LogP contribution in [0.5, 0.6) is 0 Å². The molecule has 1 saturated carbocycles. The van der Waals surface area contributed by atoms with Crippen LogP contribution in [0.2, 0.25) is 0 Å². The maximum atomic E-state index is 12.0. The minimum absolute atomic E-state index is 0.0340. The molecule has 1 heterocycles. The lowest BCUT2D eigenvalue weighted by atomic mass is 9.92. The van der Waals surface area contributed by atoms with Gasteiger partial charge in [0.05, 0.1) is 9.26 Å². The zero-order valence-corrected chi connectivity index (χ0v) is 13.5. The predicted octanol–water partition coefficient (Wildman–Crippen LogP) is 3.62. The monoisotopic (exact) mass is 360 g/mol. The second kappa shape index (κ2) is 5.31. The zero-order valence-electron chi connectivity index (χ0n) is 11.3. The van der Waals surface area contributed by atoms with E-state index in [-0.39, 0.29) is 11.0 Å². The molecule has 0 aromatic carbocycles. The number of hydrogen-bond donors (Lipinski definition) is 1. The first-order valence-corrected chi connectivity index (χ1v) is 7.73. The Morgan fingerprint density at radius 2 is 1.94 bits per heavy atom. The third kappa shape index (κ3) is 3.33. The molecule has 0 amide bonds. The van der Waals surface area contributed by atoms with Gasteiger partial charge in [-0.3, -0.25) is 4.79 Å². The van der Waals surface area contributed by atoms with Gasteiger partial charge < -0.3 is 4.98 Å². The van der Waals surface area contributed by atoms with Crippen LogP contribution in [0, 0.1) is 8.99 Å². The Morgan fingerprint density at radius 1 is 1.33 bits per heavy atom. The smallest absolute Gasteiger partial charge is 0.264 e. The van der Waals surface area contributed by atoms with Crippen molar-refractivity contribution >= 4 is 22.6 Å². The van der Waals surface area contributed by atoms with E-state index in [1.54, 1.807) is 0 Å². The quantitative estimate of drug-likeness (QED) is 0.819. The van der Waals surface area contributed by atoms with Crippen LogP contribution in [-0.4, -0.2) is 9.97 Å². The Hall–Kier alpha value is -0.390. The number of nitrogens with zero attached hydrogens (tertiary/aromatic N) is 1. The minimum atomic E-state index is 0.0340. The summed E-state index contributed by atoms with van der Waals surface area (Å²) in [5.41, 5.74) is 1.22. The average Bonchev–Trinajstić information content (AvgIpc) is 2.74. The van der Waals surface area contributed by atoms with Crippen molar-refractivity contribution in [3.05, 3.63) is 25.4 Å². The lowest BCUT2D eigenvalue weighted by molar-refractivity contribution is 0.398. The molecule has 1 aliphatic rings. The molecular formula is C14H21IN2O. The first-order valence-electron chi connectivity index (χ1n) is 6.65. The van der Waals surface area contributed by atoms with E-state index in [0.29, 0.717) is 5.92 Å². The van der Waals surface area contributed by atoms with Crippen LogP contribution in [-0.2, 0) is 6.42 Å². The zero-order chi connectivity index (χ0) is 13.3. The van der Waals surface area contributed by atoms with E-state index < -0.39 is 0 Å². The van der Waals surface area contributed by atoms with Gasteiger partial charge in [-0.25, -0.2) is 4.98 Å². The highest BCUT2D eigenvalue weighted by atomic mass is 127. The van der Waals surface area contributed by atoms with Crippen molar-refractivity contribution in [3.8, 4) is 0 Å². The molecular weight excluding hydrogens is 339 g/mol. The van der Waals surface area contributed by atoms with Gasteiger partial charge in [0.2, 0.25) is 0 Å². The van der Waals surface area contributed by atoms with Crippen molar-refractivity contribution in [2.75, 3.05) is 0 Å². The summed E-state index contributed by atoms with van der Waals surface area (Å²) in [4.78, 5) is 19.7. The summed E-state index contributed by atoms with van der Waals surface area (Å²) in [5, 5.41) is 0. The molecule has 1 N–H and O–H groups in total. The highest BCUT2D eigenvalue weighted by Gasteiger charge is 2.24. The van der Waals surface area contributed by atoms with E-state index in [2.05, 4.69) is 48.3 Å². The van der Waals surface area contributed by atoms with Crippen molar-refractivity contribution < 1.29 is 0 Å². The van der Waals surface area contributed by atoms with Gasteiger partial charge >= 0.3 is 0 Å². The van der Waals surface area contributed by atoms with Crippen LogP contribution in [0.4, 0.5) is 0 Å². The molecule has 0 saturated heterocycles. The molecule has 1 aliphatic carbocycles. The van der Waals surface area contributed by atoms with Crippen LogP contribution in [0.3, 0.4) is 0 Å². The van der Waals surface area contributed by atoms with Crippen molar-refractivity contribution in [1.82, 2.24) is 9.97 Å². The van der Waals surface area contributed by atoms with Crippen molar-refractivity contribution in [3.63, 3.8) is 0 Å².